The third-order valence-corrected chi connectivity index (χ3v) is 2.03. The first kappa shape index (κ1) is 11.4. The normalized spacial score (nSPS) is 10.8. The number of carboxylic acid groups (broad SMARTS) is 1. The summed E-state index contributed by atoms with van der Waals surface area (Å²) in [6.07, 6.45) is 4.03. The summed E-state index contributed by atoms with van der Waals surface area (Å²) in [6.45, 7) is 1.70. The Morgan fingerprint density at radius 1 is 1.53 bits per heavy atom. The van der Waals surface area contributed by atoms with Gasteiger partial charge in [-0.25, -0.2) is 4.39 Å². The second-order valence-corrected chi connectivity index (χ2v) is 3.34. The minimum Gasteiger partial charge on any atom is -0.481 e. The van der Waals surface area contributed by atoms with Gasteiger partial charge in [-0.1, -0.05) is 24.3 Å². The molecule has 0 spiro atoms. The molecule has 1 aromatic carbocycles. The molecular weight excluding hydrogens is 195 g/mol. The number of halogens is 1. The van der Waals surface area contributed by atoms with Crippen molar-refractivity contribution < 1.29 is 14.3 Å². The van der Waals surface area contributed by atoms with Gasteiger partial charge in [0.25, 0.3) is 0 Å². The van der Waals surface area contributed by atoms with Crippen LogP contribution < -0.4 is 0 Å². The molecule has 80 valence electrons. The van der Waals surface area contributed by atoms with E-state index in [2.05, 4.69) is 0 Å². The maximum atomic E-state index is 13.1. The second kappa shape index (κ2) is 5.29. The van der Waals surface area contributed by atoms with E-state index in [1.807, 2.05) is 0 Å². The van der Waals surface area contributed by atoms with Crippen LogP contribution in [0, 0.1) is 12.7 Å². The highest BCUT2D eigenvalue weighted by Gasteiger charge is 1.96. The second-order valence-electron chi connectivity index (χ2n) is 3.34. The summed E-state index contributed by atoms with van der Waals surface area (Å²) in [6, 6.07) is 4.94. The predicted octanol–water partition coefficient (Wildman–Crippen LogP) is 3.01. The average Bonchev–Trinajstić information content (AvgIpc) is 2.18. The SMILES string of the molecule is Cc1ccc(C=CCCC(=O)O)cc1F. The van der Waals surface area contributed by atoms with Crippen LogP contribution in [0.1, 0.15) is 24.0 Å². The average molecular weight is 208 g/mol. The molecule has 0 radical (unpaired) electrons. The molecule has 0 saturated heterocycles. The van der Waals surface area contributed by atoms with Gasteiger partial charge in [-0.2, -0.15) is 0 Å². The summed E-state index contributed by atoms with van der Waals surface area (Å²) >= 11 is 0. The number of allylic oxidation sites excluding steroid dienone is 1. The zero-order chi connectivity index (χ0) is 11.3. The van der Waals surface area contributed by atoms with E-state index in [4.69, 9.17) is 5.11 Å². The molecular formula is C12H13FO2. The van der Waals surface area contributed by atoms with E-state index in [-0.39, 0.29) is 12.2 Å². The highest BCUT2D eigenvalue weighted by molar-refractivity contribution is 5.67. The number of aryl methyl sites for hydroxylation is 1. The van der Waals surface area contributed by atoms with Gasteiger partial charge in [0.05, 0.1) is 0 Å². The van der Waals surface area contributed by atoms with Crippen LogP contribution in [-0.4, -0.2) is 11.1 Å². The van der Waals surface area contributed by atoms with Gasteiger partial charge >= 0.3 is 5.97 Å². The smallest absolute Gasteiger partial charge is 0.303 e. The monoisotopic (exact) mass is 208 g/mol. The van der Waals surface area contributed by atoms with Gasteiger partial charge in [0.1, 0.15) is 5.82 Å². The van der Waals surface area contributed by atoms with Gasteiger partial charge in [-0.05, 0) is 30.5 Å². The molecule has 1 aromatic rings. The molecule has 0 aromatic heterocycles. The molecule has 1 rings (SSSR count). The summed E-state index contributed by atoms with van der Waals surface area (Å²) in [7, 11) is 0. The first-order valence-electron chi connectivity index (χ1n) is 4.74. The van der Waals surface area contributed by atoms with Crippen molar-refractivity contribution >= 4 is 12.0 Å². The Morgan fingerprint density at radius 3 is 2.87 bits per heavy atom. The standard InChI is InChI=1S/C12H13FO2/c1-9-6-7-10(8-11(9)13)4-2-3-5-12(14)15/h2,4,6-8H,3,5H2,1H3,(H,14,15). The molecule has 2 nitrogen and oxygen atoms in total. The fraction of sp³-hybridized carbons (Fsp3) is 0.250. The van der Waals surface area contributed by atoms with Crippen LogP contribution >= 0.6 is 0 Å². The van der Waals surface area contributed by atoms with Crippen LogP contribution in [0.4, 0.5) is 4.39 Å². The van der Waals surface area contributed by atoms with Crippen LogP contribution in [0.5, 0.6) is 0 Å². The maximum absolute atomic E-state index is 13.1. The van der Waals surface area contributed by atoms with Gasteiger partial charge in [0.15, 0.2) is 0 Å². The molecule has 0 aliphatic heterocycles. The molecule has 0 aliphatic rings. The van der Waals surface area contributed by atoms with E-state index < -0.39 is 5.97 Å². The predicted molar refractivity (Wildman–Crippen MR) is 57.0 cm³/mol. The lowest BCUT2D eigenvalue weighted by Gasteiger charge is -1.97. The van der Waals surface area contributed by atoms with Gasteiger partial charge in [-0.15, -0.1) is 0 Å². The van der Waals surface area contributed by atoms with E-state index in [1.54, 1.807) is 31.2 Å². The number of hydrogen-bond donors (Lipinski definition) is 1. The molecule has 15 heavy (non-hydrogen) atoms. The van der Waals surface area contributed by atoms with Crippen LogP contribution in [0.2, 0.25) is 0 Å². The first-order valence-corrected chi connectivity index (χ1v) is 4.74. The Bertz CT molecular complexity index is 383. The largest absolute Gasteiger partial charge is 0.481 e. The summed E-state index contributed by atoms with van der Waals surface area (Å²) in [5.74, 6) is -1.06. The van der Waals surface area contributed by atoms with Gasteiger partial charge < -0.3 is 5.11 Å². The molecule has 0 bridgehead atoms. The van der Waals surface area contributed by atoms with Crippen molar-refractivity contribution in [3.05, 3.63) is 41.2 Å². The van der Waals surface area contributed by atoms with Crippen LogP contribution in [-0.2, 0) is 4.79 Å². The summed E-state index contributed by atoms with van der Waals surface area (Å²) < 4.78 is 13.1. The Morgan fingerprint density at radius 2 is 2.27 bits per heavy atom. The maximum Gasteiger partial charge on any atom is 0.303 e. The zero-order valence-electron chi connectivity index (χ0n) is 8.53. The number of rotatable bonds is 4. The van der Waals surface area contributed by atoms with Crippen molar-refractivity contribution in [1.82, 2.24) is 0 Å². The van der Waals surface area contributed by atoms with Crippen molar-refractivity contribution in [2.75, 3.05) is 0 Å². The Balaban J connectivity index is 2.57. The molecule has 0 heterocycles. The highest BCUT2D eigenvalue weighted by atomic mass is 19.1. The minimum absolute atomic E-state index is 0.102. The Hall–Kier alpha value is -1.64. The zero-order valence-corrected chi connectivity index (χ0v) is 8.53. The van der Waals surface area contributed by atoms with Crippen LogP contribution in [0.15, 0.2) is 24.3 Å². The van der Waals surface area contributed by atoms with Crippen molar-refractivity contribution in [3.8, 4) is 0 Å². The van der Waals surface area contributed by atoms with E-state index in [9.17, 15) is 9.18 Å². The van der Waals surface area contributed by atoms with Crippen LogP contribution in [0.3, 0.4) is 0 Å². The third-order valence-electron chi connectivity index (χ3n) is 2.03. The van der Waals surface area contributed by atoms with Gasteiger partial charge in [0, 0.05) is 6.42 Å². The fourth-order valence-electron chi connectivity index (χ4n) is 1.14. The van der Waals surface area contributed by atoms with Crippen molar-refractivity contribution in [3.63, 3.8) is 0 Å². The minimum atomic E-state index is -0.824. The molecule has 1 N–H and O–H groups in total. The number of benzene rings is 1. The quantitative estimate of drug-likeness (QED) is 0.825. The molecule has 0 fully saturated rings. The molecule has 0 atom stereocenters. The van der Waals surface area contributed by atoms with Crippen LogP contribution in [0.25, 0.3) is 6.08 Å². The molecule has 0 amide bonds. The third kappa shape index (κ3) is 3.94. The van der Waals surface area contributed by atoms with E-state index in [0.29, 0.717) is 12.0 Å². The van der Waals surface area contributed by atoms with E-state index >= 15 is 0 Å². The number of carbonyl (C=O) groups is 1. The number of aliphatic carboxylic acids is 1. The first-order chi connectivity index (χ1) is 7.09. The molecule has 0 unspecified atom stereocenters. The summed E-state index contributed by atoms with van der Waals surface area (Å²) in [5.41, 5.74) is 1.36. The molecule has 0 saturated carbocycles. The summed E-state index contributed by atoms with van der Waals surface area (Å²) in [4.78, 5) is 10.2. The van der Waals surface area contributed by atoms with Gasteiger partial charge in [0.2, 0.25) is 0 Å². The lowest BCUT2D eigenvalue weighted by Crippen LogP contribution is -1.91. The number of hydrogen-bond acceptors (Lipinski definition) is 1. The Kier molecular flexibility index (Phi) is 4.03. The lowest BCUT2D eigenvalue weighted by atomic mass is 10.1. The lowest BCUT2D eigenvalue weighted by molar-refractivity contribution is -0.136. The van der Waals surface area contributed by atoms with Gasteiger partial charge in [-0.3, -0.25) is 4.79 Å². The topological polar surface area (TPSA) is 37.3 Å². The Labute approximate surface area is 88.1 Å². The van der Waals surface area contributed by atoms with Crippen molar-refractivity contribution in [2.24, 2.45) is 0 Å². The van der Waals surface area contributed by atoms with Crippen molar-refractivity contribution in [1.29, 1.82) is 0 Å². The summed E-state index contributed by atoms with van der Waals surface area (Å²) in [5, 5.41) is 8.40. The van der Waals surface area contributed by atoms with E-state index in [1.165, 1.54) is 6.07 Å². The van der Waals surface area contributed by atoms with E-state index in [0.717, 1.165) is 5.56 Å². The highest BCUT2D eigenvalue weighted by Crippen LogP contribution is 2.10. The number of carboxylic acids is 1. The fourth-order valence-corrected chi connectivity index (χ4v) is 1.14. The van der Waals surface area contributed by atoms with Crippen molar-refractivity contribution in [2.45, 2.75) is 19.8 Å². The molecule has 0 aliphatic carbocycles. The molecule has 3 heteroatoms.